The van der Waals surface area contributed by atoms with Crippen LogP contribution in [0.3, 0.4) is 0 Å². The van der Waals surface area contributed by atoms with Crippen molar-refractivity contribution in [2.45, 2.75) is 32.8 Å². The van der Waals surface area contributed by atoms with Crippen molar-refractivity contribution >= 4 is 23.4 Å². The second kappa shape index (κ2) is 9.42. The first-order chi connectivity index (χ1) is 13.5. The van der Waals surface area contributed by atoms with Crippen LogP contribution in [0.15, 0.2) is 54.6 Å². The third-order valence-electron chi connectivity index (χ3n) is 4.69. The van der Waals surface area contributed by atoms with Gasteiger partial charge in [-0.2, -0.15) is 0 Å². The second-order valence-electron chi connectivity index (χ2n) is 6.82. The molecule has 0 saturated heterocycles. The lowest BCUT2D eigenvalue weighted by Crippen LogP contribution is -2.44. The van der Waals surface area contributed by atoms with Crippen molar-refractivity contribution in [2.24, 2.45) is 5.92 Å². The topological polar surface area (TPSA) is 67.4 Å². The van der Waals surface area contributed by atoms with Gasteiger partial charge in [-0.05, 0) is 67.6 Å². The van der Waals surface area contributed by atoms with Crippen LogP contribution in [-0.2, 0) is 11.4 Å². The molecule has 2 amide bonds. The van der Waals surface area contributed by atoms with E-state index in [1.165, 1.54) is 0 Å². The zero-order valence-corrected chi connectivity index (χ0v) is 16.5. The smallest absolute Gasteiger partial charge is 0.269 e. The molecule has 0 spiro atoms. The molecule has 0 fully saturated rings. The number of hydrogen-bond donors (Lipinski definition) is 2. The van der Waals surface area contributed by atoms with Gasteiger partial charge in [-0.25, -0.2) is 0 Å². The molecule has 0 aromatic heterocycles. The molecule has 0 heterocycles. The Labute approximate surface area is 169 Å². The number of hydrogen-bond acceptors (Lipinski definition) is 3. The van der Waals surface area contributed by atoms with E-state index in [2.05, 4.69) is 16.9 Å². The number of hydrazine groups is 1. The van der Waals surface area contributed by atoms with E-state index in [1.807, 2.05) is 37.3 Å². The average Bonchev–Trinajstić information content (AvgIpc) is 2.73. The van der Waals surface area contributed by atoms with Crippen molar-refractivity contribution in [3.05, 3.63) is 76.3 Å². The summed E-state index contributed by atoms with van der Waals surface area (Å²) in [6.45, 7) is 2.31. The molecule has 0 radical (unpaired) electrons. The molecule has 0 bridgehead atoms. The highest BCUT2D eigenvalue weighted by atomic mass is 35.5. The summed E-state index contributed by atoms with van der Waals surface area (Å²) in [6, 6.07) is 12.6. The maximum absolute atomic E-state index is 12.2. The fraction of sp³-hybridized carbons (Fsp3) is 0.273. The maximum atomic E-state index is 12.2. The highest BCUT2D eigenvalue weighted by Gasteiger charge is 2.19. The number of aryl methyl sites for hydroxylation is 1. The zero-order valence-electron chi connectivity index (χ0n) is 15.7. The lowest BCUT2D eigenvalue weighted by molar-refractivity contribution is -0.126. The van der Waals surface area contributed by atoms with Gasteiger partial charge in [0.15, 0.2) is 0 Å². The van der Waals surface area contributed by atoms with Gasteiger partial charge >= 0.3 is 0 Å². The maximum Gasteiger partial charge on any atom is 0.269 e. The van der Waals surface area contributed by atoms with E-state index in [0.717, 1.165) is 29.7 Å². The predicted molar refractivity (Wildman–Crippen MR) is 109 cm³/mol. The molecular formula is C22H23ClN2O3. The number of halogens is 1. The summed E-state index contributed by atoms with van der Waals surface area (Å²) in [5.41, 5.74) is 7.35. The van der Waals surface area contributed by atoms with Gasteiger partial charge in [-0.15, -0.1) is 0 Å². The molecule has 2 aromatic carbocycles. The standard InChI is InChI=1S/C22H23ClN2O3/c1-15-13-19(11-12-20(15)23)28-14-16-7-9-18(10-8-16)22(27)25-24-21(26)17-5-3-2-4-6-17/h2-3,7-13,17H,4-6,14H2,1H3,(H,24,26)(H,25,27). The van der Waals surface area contributed by atoms with Crippen molar-refractivity contribution in [3.63, 3.8) is 0 Å². The largest absolute Gasteiger partial charge is 0.489 e. The van der Waals surface area contributed by atoms with Crippen LogP contribution in [0.1, 0.15) is 40.7 Å². The Kier molecular flexibility index (Phi) is 6.71. The Bertz CT molecular complexity index is 878. The van der Waals surface area contributed by atoms with Crippen molar-refractivity contribution in [1.29, 1.82) is 0 Å². The molecule has 0 saturated carbocycles. The van der Waals surface area contributed by atoms with Gasteiger partial charge in [0.2, 0.25) is 5.91 Å². The van der Waals surface area contributed by atoms with E-state index in [0.29, 0.717) is 23.6 Å². The Balaban J connectivity index is 1.48. The minimum absolute atomic E-state index is 0.0821. The molecule has 2 N–H and O–H groups in total. The number of allylic oxidation sites excluding steroid dienone is 2. The fourth-order valence-corrected chi connectivity index (χ4v) is 3.07. The number of rotatable bonds is 5. The van der Waals surface area contributed by atoms with E-state index in [4.69, 9.17) is 16.3 Å². The third kappa shape index (κ3) is 5.36. The van der Waals surface area contributed by atoms with Gasteiger partial charge in [0.05, 0.1) is 0 Å². The number of ether oxygens (including phenoxy) is 1. The van der Waals surface area contributed by atoms with E-state index in [1.54, 1.807) is 18.2 Å². The number of benzene rings is 2. The first kappa shape index (κ1) is 20.0. The molecule has 6 heteroatoms. The molecule has 0 aliphatic heterocycles. The summed E-state index contributed by atoms with van der Waals surface area (Å²) in [5.74, 6) is 0.159. The van der Waals surface area contributed by atoms with Crippen LogP contribution in [0.25, 0.3) is 0 Å². The molecule has 146 valence electrons. The molecule has 1 unspecified atom stereocenters. The van der Waals surface area contributed by atoms with Crippen LogP contribution in [0.4, 0.5) is 0 Å². The summed E-state index contributed by atoms with van der Waals surface area (Å²) in [6.07, 6.45) is 6.48. The molecule has 2 aromatic rings. The van der Waals surface area contributed by atoms with Gasteiger partial charge in [0, 0.05) is 16.5 Å². The Morgan fingerprint density at radius 2 is 1.89 bits per heavy atom. The Hall–Kier alpha value is -2.79. The summed E-state index contributed by atoms with van der Waals surface area (Å²) >= 11 is 6.01. The molecular weight excluding hydrogens is 376 g/mol. The SMILES string of the molecule is Cc1cc(OCc2ccc(C(=O)NNC(=O)C3CC=CCC3)cc2)ccc1Cl. The number of carbonyl (C=O) groups is 2. The van der Waals surface area contributed by atoms with Crippen molar-refractivity contribution < 1.29 is 14.3 Å². The van der Waals surface area contributed by atoms with E-state index in [-0.39, 0.29) is 17.7 Å². The van der Waals surface area contributed by atoms with Gasteiger partial charge in [0.1, 0.15) is 12.4 Å². The lowest BCUT2D eigenvalue weighted by atomic mass is 9.94. The first-order valence-electron chi connectivity index (χ1n) is 9.26. The summed E-state index contributed by atoms with van der Waals surface area (Å²) in [5, 5.41) is 0.703. The van der Waals surface area contributed by atoms with Crippen molar-refractivity contribution in [2.75, 3.05) is 0 Å². The van der Waals surface area contributed by atoms with Crippen molar-refractivity contribution in [1.82, 2.24) is 10.9 Å². The number of amides is 2. The summed E-state index contributed by atoms with van der Waals surface area (Å²) in [7, 11) is 0. The van der Waals surface area contributed by atoms with Crippen LogP contribution in [-0.4, -0.2) is 11.8 Å². The monoisotopic (exact) mass is 398 g/mol. The second-order valence-corrected chi connectivity index (χ2v) is 7.23. The highest BCUT2D eigenvalue weighted by molar-refractivity contribution is 6.31. The van der Waals surface area contributed by atoms with Gasteiger partial charge < -0.3 is 4.74 Å². The van der Waals surface area contributed by atoms with Gasteiger partial charge in [-0.3, -0.25) is 20.4 Å². The predicted octanol–water partition coefficient (Wildman–Crippen LogP) is 4.34. The minimum Gasteiger partial charge on any atom is -0.489 e. The normalized spacial score (nSPS) is 15.7. The van der Waals surface area contributed by atoms with Crippen LogP contribution in [0.2, 0.25) is 5.02 Å². The zero-order chi connectivity index (χ0) is 19.9. The molecule has 5 nitrogen and oxygen atoms in total. The highest BCUT2D eigenvalue weighted by Crippen LogP contribution is 2.22. The molecule has 28 heavy (non-hydrogen) atoms. The molecule has 1 aliphatic carbocycles. The molecule has 1 aliphatic rings. The van der Waals surface area contributed by atoms with Crippen LogP contribution < -0.4 is 15.6 Å². The third-order valence-corrected chi connectivity index (χ3v) is 5.11. The van der Waals surface area contributed by atoms with Crippen LogP contribution in [0.5, 0.6) is 5.75 Å². The minimum atomic E-state index is -0.347. The number of carbonyl (C=O) groups excluding carboxylic acids is 2. The summed E-state index contributed by atoms with van der Waals surface area (Å²) in [4.78, 5) is 24.3. The van der Waals surface area contributed by atoms with E-state index >= 15 is 0 Å². The van der Waals surface area contributed by atoms with Crippen LogP contribution in [0, 0.1) is 12.8 Å². The van der Waals surface area contributed by atoms with E-state index in [9.17, 15) is 9.59 Å². The van der Waals surface area contributed by atoms with Crippen molar-refractivity contribution in [3.8, 4) is 5.75 Å². The lowest BCUT2D eigenvalue weighted by Gasteiger charge is -2.17. The fourth-order valence-electron chi connectivity index (χ4n) is 2.95. The molecule has 1 atom stereocenters. The van der Waals surface area contributed by atoms with Gasteiger partial charge in [-0.1, -0.05) is 35.9 Å². The quantitative estimate of drug-likeness (QED) is 0.581. The summed E-state index contributed by atoms with van der Waals surface area (Å²) < 4.78 is 5.75. The Morgan fingerprint density at radius 1 is 1.11 bits per heavy atom. The van der Waals surface area contributed by atoms with Crippen LogP contribution >= 0.6 is 11.6 Å². The van der Waals surface area contributed by atoms with E-state index < -0.39 is 0 Å². The number of nitrogens with one attached hydrogen (secondary N) is 2. The molecule has 3 rings (SSSR count). The first-order valence-corrected chi connectivity index (χ1v) is 9.64. The average molecular weight is 399 g/mol. The van der Waals surface area contributed by atoms with Gasteiger partial charge in [0.25, 0.3) is 5.91 Å². The Morgan fingerprint density at radius 3 is 2.57 bits per heavy atom.